The van der Waals surface area contributed by atoms with Gasteiger partial charge >= 0.3 is 0 Å². The van der Waals surface area contributed by atoms with Crippen LogP contribution in [-0.4, -0.2) is 27.7 Å². The van der Waals surface area contributed by atoms with E-state index in [0.717, 1.165) is 32.6 Å². The van der Waals surface area contributed by atoms with Crippen molar-refractivity contribution in [2.45, 2.75) is 19.4 Å². The van der Waals surface area contributed by atoms with E-state index in [9.17, 15) is 0 Å². The first-order chi connectivity index (χ1) is 7.95. The summed E-state index contributed by atoms with van der Waals surface area (Å²) in [4.78, 5) is 8.20. The fourth-order valence-electron chi connectivity index (χ4n) is 1.39. The molecule has 0 atom stereocenters. The molecule has 5 heteroatoms. The summed E-state index contributed by atoms with van der Waals surface area (Å²) < 4.78 is 7.55. The molecule has 0 aromatic carbocycles. The number of hydrogen-bond acceptors (Lipinski definition) is 4. The second-order valence-electron chi connectivity index (χ2n) is 3.44. The minimum absolute atomic E-state index is 0.744. The van der Waals surface area contributed by atoms with E-state index in [2.05, 4.69) is 9.97 Å². The van der Waals surface area contributed by atoms with Crippen LogP contribution in [0.3, 0.4) is 0 Å². The average Bonchev–Trinajstić information content (AvgIpc) is 2.96. The molecule has 2 aromatic heterocycles. The predicted octanol–water partition coefficient (Wildman–Crippen LogP) is 1.99. The molecule has 0 N–H and O–H groups in total. The third kappa shape index (κ3) is 3.75. The van der Waals surface area contributed by atoms with E-state index < -0.39 is 0 Å². The van der Waals surface area contributed by atoms with Crippen LogP contribution in [0.4, 0.5) is 0 Å². The van der Waals surface area contributed by atoms with Gasteiger partial charge in [-0.3, -0.25) is 0 Å². The van der Waals surface area contributed by atoms with Crippen molar-refractivity contribution in [3.8, 4) is 0 Å². The molecule has 0 aliphatic carbocycles. The first kappa shape index (κ1) is 11.3. The lowest BCUT2D eigenvalue weighted by Crippen LogP contribution is -2.05. The van der Waals surface area contributed by atoms with E-state index in [0.29, 0.717) is 0 Å². The van der Waals surface area contributed by atoms with Crippen LogP contribution in [0.1, 0.15) is 11.4 Å². The summed E-state index contributed by atoms with van der Waals surface area (Å²) in [6.45, 7) is 2.42. The number of rotatable bonds is 7. The molecular formula is C11H15N3OS. The van der Waals surface area contributed by atoms with Gasteiger partial charge in [-0.25, -0.2) is 9.97 Å². The standard InChI is InChI=1S/C11H15N3OS/c1(2-11-13-4-9-16-11)7-15-8-6-14-5-3-12-10-14/h3-5,9-10H,1-2,6-8H2. The monoisotopic (exact) mass is 237 g/mol. The molecule has 16 heavy (non-hydrogen) atoms. The topological polar surface area (TPSA) is 39.9 Å². The zero-order valence-corrected chi connectivity index (χ0v) is 9.90. The summed E-state index contributed by atoms with van der Waals surface area (Å²) >= 11 is 1.71. The minimum Gasteiger partial charge on any atom is -0.380 e. The molecule has 2 rings (SSSR count). The van der Waals surface area contributed by atoms with Crippen LogP contribution in [0.25, 0.3) is 0 Å². The highest BCUT2D eigenvalue weighted by Crippen LogP contribution is 2.06. The lowest BCUT2D eigenvalue weighted by Gasteiger charge is -2.03. The number of thiazole rings is 1. The van der Waals surface area contributed by atoms with E-state index in [1.54, 1.807) is 23.9 Å². The molecule has 0 unspecified atom stereocenters. The molecule has 0 aliphatic heterocycles. The first-order valence-electron chi connectivity index (χ1n) is 5.37. The van der Waals surface area contributed by atoms with Crippen LogP contribution >= 0.6 is 11.3 Å². The van der Waals surface area contributed by atoms with E-state index >= 15 is 0 Å². The molecule has 2 aromatic rings. The Bertz CT molecular complexity index is 334. The van der Waals surface area contributed by atoms with Gasteiger partial charge in [-0.2, -0.15) is 0 Å². The largest absolute Gasteiger partial charge is 0.380 e. The molecule has 0 fully saturated rings. The molecule has 0 aliphatic rings. The molecular weight excluding hydrogens is 222 g/mol. The van der Waals surface area contributed by atoms with E-state index in [1.807, 2.05) is 22.3 Å². The molecule has 0 saturated carbocycles. The van der Waals surface area contributed by atoms with Crippen molar-refractivity contribution in [3.05, 3.63) is 35.3 Å². The number of imidazole rings is 1. The highest BCUT2D eigenvalue weighted by Gasteiger charge is 1.95. The summed E-state index contributed by atoms with van der Waals surface area (Å²) in [5.41, 5.74) is 0. The zero-order chi connectivity index (χ0) is 11.1. The van der Waals surface area contributed by atoms with Crippen molar-refractivity contribution in [1.29, 1.82) is 0 Å². The van der Waals surface area contributed by atoms with Gasteiger partial charge in [0.1, 0.15) is 0 Å². The van der Waals surface area contributed by atoms with Gasteiger partial charge in [0.25, 0.3) is 0 Å². The maximum atomic E-state index is 5.53. The molecule has 0 radical (unpaired) electrons. The van der Waals surface area contributed by atoms with Gasteiger partial charge in [0.15, 0.2) is 0 Å². The lowest BCUT2D eigenvalue weighted by atomic mass is 10.3. The summed E-state index contributed by atoms with van der Waals surface area (Å²) in [6.07, 6.45) is 9.43. The van der Waals surface area contributed by atoms with Gasteiger partial charge in [-0.1, -0.05) is 0 Å². The van der Waals surface area contributed by atoms with Crippen molar-refractivity contribution in [2.75, 3.05) is 13.2 Å². The van der Waals surface area contributed by atoms with Crippen LogP contribution in [0, 0.1) is 0 Å². The molecule has 0 bridgehead atoms. The Labute approximate surface area is 98.9 Å². The summed E-state index contributed by atoms with van der Waals surface area (Å²) in [6, 6.07) is 0. The average molecular weight is 237 g/mol. The lowest BCUT2D eigenvalue weighted by molar-refractivity contribution is 0.124. The molecule has 0 spiro atoms. The Hall–Kier alpha value is -1.20. The molecule has 2 heterocycles. The molecule has 86 valence electrons. The Morgan fingerprint density at radius 3 is 3.06 bits per heavy atom. The zero-order valence-electron chi connectivity index (χ0n) is 9.08. The SMILES string of the molecule is c1cn(CCOCCCc2nccs2)cn1. The predicted molar refractivity (Wildman–Crippen MR) is 63.5 cm³/mol. The fourth-order valence-corrected chi connectivity index (χ4v) is 2.06. The Balaban J connectivity index is 1.49. The van der Waals surface area contributed by atoms with Gasteiger partial charge in [0.2, 0.25) is 0 Å². The highest BCUT2D eigenvalue weighted by molar-refractivity contribution is 7.09. The Kier molecular flexibility index (Phi) is 4.51. The third-order valence-electron chi connectivity index (χ3n) is 2.22. The third-order valence-corrected chi connectivity index (χ3v) is 3.06. The van der Waals surface area contributed by atoms with Crippen molar-refractivity contribution in [2.24, 2.45) is 0 Å². The Morgan fingerprint density at radius 1 is 1.31 bits per heavy atom. The maximum Gasteiger partial charge on any atom is 0.0946 e. The van der Waals surface area contributed by atoms with Crippen LogP contribution in [-0.2, 0) is 17.7 Å². The van der Waals surface area contributed by atoms with Crippen molar-refractivity contribution < 1.29 is 4.74 Å². The number of aromatic nitrogens is 3. The number of aryl methyl sites for hydroxylation is 1. The highest BCUT2D eigenvalue weighted by atomic mass is 32.1. The van der Waals surface area contributed by atoms with Gasteiger partial charge in [-0.05, 0) is 6.42 Å². The summed E-state index contributed by atoms with van der Waals surface area (Å²) in [5, 5.41) is 3.20. The second kappa shape index (κ2) is 6.40. The summed E-state index contributed by atoms with van der Waals surface area (Å²) in [5.74, 6) is 0. The first-order valence-corrected chi connectivity index (χ1v) is 6.25. The van der Waals surface area contributed by atoms with E-state index in [-0.39, 0.29) is 0 Å². The summed E-state index contributed by atoms with van der Waals surface area (Å²) in [7, 11) is 0. The van der Waals surface area contributed by atoms with Crippen LogP contribution in [0.15, 0.2) is 30.3 Å². The van der Waals surface area contributed by atoms with Gasteiger partial charge in [-0.15, -0.1) is 11.3 Å². The van der Waals surface area contributed by atoms with Gasteiger partial charge in [0.05, 0.1) is 17.9 Å². The van der Waals surface area contributed by atoms with E-state index in [4.69, 9.17) is 4.74 Å². The van der Waals surface area contributed by atoms with Crippen molar-refractivity contribution in [1.82, 2.24) is 14.5 Å². The van der Waals surface area contributed by atoms with E-state index in [1.165, 1.54) is 5.01 Å². The van der Waals surface area contributed by atoms with Crippen LogP contribution < -0.4 is 0 Å². The maximum absolute atomic E-state index is 5.53. The van der Waals surface area contributed by atoms with Crippen molar-refractivity contribution in [3.63, 3.8) is 0 Å². The quantitative estimate of drug-likeness (QED) is 0.691. The van der Waals surface area contributed by atoms with Crippen LogP contribution in [0.2, 0.25) is 0 Å². The minimum atomic E-state index is 0.744. The Morgan fingerprint density at radius 2 is 2.31 bits per heavy atom. The number of ether oxygens (including phenoxy) is 1. The van der Waals surface area contributed by atoms with Gasteiger partial charge in [0, 0.05) is 43.5 Å². The van der Waals surface area contributed by atoms with Gasteiger partial charge < -0.3 is 9.30 Å². The normalized spacial score (nSPS) is 10.8. The molecule has 0 saturated heterocycles. The number of hydrogen-bond donors (Lipinski definition) is 0. The second-order valence-corrected chi connectivity index (χ2v) is 4.42. The van der Waals surface area contributed by atoms with Crippen molar-refractivity contribution >= 4 is 11.3 Å². The van der Waals surface area contributed by atoms with Crippen LogP contribution in [0.5, 0.6) is 0 Å². The molecule has 0 amide bonds. The number of nitrogens with zero attached hydrogens (tertiary/aromatic N) is 3. The smallest absolute Gasteiger partial charge is 0.0946 e. The fraction of sp³-hybridized carbons (Fsp3) is 0.455. The molecule has 4 nitrogen and oxygen atoms in total.